The van der Waals surface area contributed by atoms with E-state index in [1.54, 1.807) is 25.3 Å². The van der Waals surface area contributed by atoms with Gasteiger partial charge in [-0.1, -0.05) is 23.2 Å². The fourth-order valence-electron chi connectivity index (χ4n) is 1.76. The van der Waals surface area contributed by atoms with Crippen LogP contribution in [-0.4, -0.2) is 55.9 Å². The Labute approximate surface area is 134 Å². The van der Waals surface area contributed by atoms with E-state index < -0.39 is 0 Å². The van der Waals surface area contributed by atoms with Gasteiger partial charge in [-0.05, 0) is 18.2 Å². The minimum atomic E-state index is -0.153. The summed E-state index contributed by atoms with van der Waals surface area (Å²) in [6, 6.07) is 4.90. The smallest absolute Gasteiger partial charge is 0.225 e. The van der Waals surface area contributed by atoms with Gasteiger partial charge < -0.3 is 15.2 Å². The molecule has 0 radical (unpaired) electrons. The Morgan fingerprint density at radius 1 is 1.33 bits per heavy atom. The van der Waals surface area contributed by atoms with Gasteiger partial charge in [-0.2, -0.15) is 0 Å². The summed E-state index contributed by atoms with van der Waals surface area (Å²) in [6.07, 6.45) is 0.298. The van der Waals surface area contributed by atoms with Crippen LogP contribution in [0.15, 0.2) is 18.2 Å². The van der Waals surface area contributed by atoms with Crippen molar-refractivity contribution < 1.29 is 14.6 Å². The van der Waals surface area contributed by atoms with Crippen molar-refractivity contribution in [3.05, 3.63) is 28.2 Å². The Morgan fingerprint density at radius 3 is 2.76 bits per heavy atom. The average Bonchev–Trinajstić information content (AvgIpc) is 2.46. The van der Waals surface area contributed by atoms with E-state index in [1.165, 1.54) is 0 Å². The van der Waals surface area contributed by atoms with Gasteiger partial charge in [-0.3, -0.25) is 9.69 Å². The van der Waals surface area contributed by atoms with Gasteiger partial charge in [-0.25, -0.2) is 0 Å². The predicted molar refractivity (Wildman–Crippen MR) is 85.1 cm³/mol. The number of nitrogens with one attached hydrogen (secondary N) is 1. The number of methoxy groups -OCH3 is 1. The van der Waals surface area contributed by atoms with E-state index in [9.17, 15) is 4.79 Å². The molecule has 1 rings (SSSR count). The van der Waals surface area contributed by atoms with Crippen molar-refractivity contribution in [1.82, 2.24) is 4.90 Å². The van der Waals surface area contributed by atoms with E-state index in [0.717, 1.165) is 0 Å². The second kappa shape index (κ2) is 9.97. The molecule has 0 aliphatic carbocycles. The van der Waals surface area contributed by atoms with Crippen LogP contribution in [0.4, 0.5) is 5.69 Å². The molecule has 7 heteroatoms. The molecule has 0 unspecified atom stereocenters. The van der Waals surface area contributed by atoms with Crippen molar-refractivity contribution in [3.8, 4) is 0 Å². The number of hydrogen-bond donors (Lipinski definition) is 2. The van der Waals surface area contributed by atoms with Crippen molar-refractivity contribution in [2.45, 2.75) is 6.42 Å². The Hall–Kier alpha value is -0.850. The first kappa shape index (κ1) is 18.2. The molecule has 118 valence electrons. The number of hydrogen-bond acceptors (Lipinski definition) is 4. The van der Waals surface area contributed by atoms with Gasteiger partial charge in [0.15, 0.2) is 0 Å². The Kier molecular flexibility index (Phi) is 8.64. The minimum Gasteiger partial charge on any atom is -0.395 e. The molecule has 0 aromatic heterocycles. The van der Waals surface area contributed by atoms with Crippen molar-refractivity contribution in [2.75, 3.05) is 45.3 Å². The highest BCUT2D eigenvalue weighted by atomic mass is 35.5. The topological polar surface area (TPSA) is 61.8 Å². The average molecular weight is 335 g/mol. The van der Waals surface area contributed by atoms with E-state index in [-0.39, 0.29) is 12.5 Å². The monoisotopic (exact) mass is 334 g/mol. The summed E-state index contributed by atoms with van der Waals surface area (Å²) in [4.78, 5) is 13.9. The first-order chi connectivity index (χ1) is 10.1. The van der Waals surface area contributed by atoms with Crippen molar-refractivity contribution in [2.24, 2.45) is 0 Å². The van der Waals surface area contributed by atoms with Crippen molar-refractivity contribution in [1.29, 1.82) is 0 Å². The number of carbonyl (C=O) groups is 1. The molecule has 1 aromatic rings. The van der Waals surface area contributed by atoms with Crippen LogP contribution in [0.1, 0.15) is 6.42 Å². The molecule has 0 saturated carbocycles. The molecule has 0 saturated heterocycles. The summed E-state index contributed by atoms with van der Waals surface area (Å²) >= 11 is 11.9. The quantitative estimate of drug-likeness (QED) is 0.727. The Balaban J connectivity index is 2.46. The second-order valence-electron chi connectivity index (χ2n) is 4.48. The molecular weight excluding hydrogens is 315 g/mol. The zero-order chi connectivity index (χ0) is 15.7. The maximum absolute atomic E-state index is 11.9. The van der Waals surface area contributed by atoms with Gasteiger partial charge in [0.1, 0.15) is 0 Å². The van der Waals surface area contributed by atoms with Crippen molar-refractivity contribution >= 4 is 34.8 Å². The number of amides is 1. The molecule has 1 amide bonds. The fourth-order valence-corrected chi connectivity index (χ4v) is 2.10. The number of rotatable bonds is 9. The number of anilines is 1. The zero-order valence-electron chi connectivity index (χ0n) is 11.9. The maximum atomic E-state index is 11.9. The summed E-state index contributed by atoms with van der Waals surface area (Å²) < 4.78 is 4.99. The van der Waals surface area contributed by atoms with Gasteiger partial charge >= 0.3 is 0 Å². The molecular formula is C14H20Cl2N2O3. The maximum Gasteiger partial charge on any atom is 0.225 e. The lowest BCUT2D eigenvalue weighted by Crippen LogP contribution is -2.33. The highest BCUT2D eigenvalue weighted by Gasteiger charge is 2.10. The van der Waals surface area contributed by atoms with Crippen LogP contribution in [0.5, 0.6) is 0 Å². The van der Waals surface area contributed by atoms with Crippen LogP contribution in [0, 0.1) is 0 Å². The molecule has 2 N–H and O–H groups in total. The number of halogens is 2. The number of benzene rings is 1. The summed E-state index contributed by atoms with van der Waals surface area (Å²) in [5.41, 5.74) is 0.500. The first-order valence-electron chi connectivity index (χ1n) is 6.64. The number of ether oxygens (including phenoxy) is 1. The third-order valence-corrected chi connectivity index (χ3v) is 3.45. The number of aliphatic hydroxyl groups excluding tert-OH is 1. The van der Waals surface area contributed by atoms with E-state index in [0.29, 0.717) is 48.4 Å². The van der Waals surface area contributed by atoms with Gasteiger partial charge in [-0.15, -0.1) is 0 Å². The van der Waals surface area contributed by atoms with E-state index in [4.69, 9.17) is 33.0 Å². The number of aliphatic hydroxyl groups is 1. The SMILES string of the molecule is COCCN(CCO)CCC(=O)Nc1cc(Cl)ccc1Cl. The Bertz CT molecular complexity index is 458. The summed E-state index contributed by atoms with van der Waals surface area (Å²) in [5, 5.41) is 12.7. The molecule has 0 atom stereocenters. The Morgan fingerprint density at radius 2 is 2.10 bits per heavy atom. The van der Waals surface area contributed by atoms with Gasteiger partial charge in [0, 0.05) is 38.2 Å². The lowest BCUT2D eigenvalue weighted by atomic mass is 10.3. The molecule has 0 bridgehead atoms. The van der Waals surface area contributed by atoms with Gasteiger partial charge in [0.2, 0.25) is 5.91 Å². The number of nitrogens with zero attached hydrogens (tertiary/aromatic N) is 1. The highest BCUT2D eigenvalue weighted by molar-refractivity contribution is 6.35. The van der Waals surface area contributed by atoms with Crippen molar-refractivity contribution in [3.63, 3.8) is 0 Å². The summed E-state index contributed by atoms with van der Waals surface area (Å²) in [7, 11) is 1.62. The van der Waals surface area contributed by atoms with E-state index >= 15 is 0 Å². The molecule has 1 aromatic carbocycles. The third kappa shape index (κ3) is 7.11. The molecule has 5 nitrogen and oxygen atoms in total. The molecule has 0 aliphatic rings. The molecule has 21 heavy (non-hydrogen) atoms. The predicted octanol–water partition coefficient (Wildman–Crippen LogP) is 2.26. The van der Waals surface area contributed by atoms with E-state index in [1.807, 2.05) is 4.90 Å². The van der Waals surface area contributed by atoms with Crippen LogP contribution in [0.2, 0.25) is 10.0 Å². The highest BCUT2D eigenvalue weighted by Crippen LogP contribution is 2.25. The zero-order valence-corrected chi connectivity index (χ0v) is 13.5. The van der Waals surface area contributed by atoms with Crippen LogP contribution in [-0.2, 0) is 9.53 Å². The standard InChI is InChI=1S/C14H20Cl2N2O3/c1-21-9-7-18(6-8-19)5-4-14(20)17-13-10-11(15)2-3-12(13)16/h2-3,10,19H,4-9H2,1H3,(H,17,20). The van der Waals surface area contributed by atoms with E-state index in [2.05, 4.69) is 5.32 Å². The normalized spacial score (nSPS) is 10.9. The van der Waals surface area contributed by atoms with Crippen LogP contribution in [0.25, 0.3) is 0 Å². The van der Waals surface area contributed by atoms with Crippen LogP contribution < -0.4 is 5.32 Å². The fraction of sp³-hybridized carbons (Fsp3) is 0.500. The van der Waals surface area contributed by atoms with Gasteiger partial charge in [0.05, 0.1) is 23.9 Å². The second-order valence-corrected chi connectivity index (χ2v) is 5.32. The largest absolute Gasteiger partial charge is 0.395 e. The lowest BCUT2D eigenvalue weighted by molar-refractivity contribution is -0.116. The molecule has 0 spiro atoms. The summed E-state index contributed by atoms with van der Waals surface area (Å²) in [6.45, 7) is 2.32. The minimum absolute atomic E-state index is 0.0471. The van der Waals surface area contributed by atoms with Crippen LogP contribution >= 0.6 is 23.2 Å². The molecule has 0 aliphatic heterocycles. The van der Waals surface area contributed by atoms with Crippen LogP contribution in [0.3, 0.4) is 0 Å². The molecule has 0 heterocycles. The lowest BCUT2D eigenvalue weighted by Gasteiger charge is -2.20. The number of carbonyl (C=O) groups excluding carboxylic acids is 1. The summed E-state index contributed by atoms with van der Waals surface area (Å²) in [5.74, 6) is -0.153. The third-order valence-electron chi connectivity index (χ3n) is 2.89. The molecule has 0 fully saturated rings. The first-order valence-corrected chi connectivity index (χ1v) is 7.39. The van der Waals surface area contributed by atoms with Gasteiger partial charge in [0.25, 0.3) is 0 Å².